The van der Waals surface area contributed by atoms with E-state index in [4.69, 9.17) is 4.74 Å². The van der Waals surface area contributed by atoms with Crippen molar-refractivity contribution in [3.8, 4) is 16.9 Å². The minimum Gasteiger partial charge on any atom is -0.508 e. The number of benzene rings is 7. The molecule has 7 aromatic carbocycles. The molecule has 0 fully saturated rings. The van der Waals surface area contributed by atoms with E-state index < -0.39 is 65.4 Å². The maximum atomic E-state index is 15.2. The van der Waals surface area contributed by atoms with Gasteiger partial charge in [0.25, 0.3) is 0 Å². The topological polar surface area (TPSA) is 195 Å². The predicted molar refractivity (Wildman–Crippen MR) is 289 cm³/mol. The molecule has 0 aliphatic heterocycles. The highest BCUT2D eigenvalue weighted by atomic mass is 16.5. The van der Waals surface area contributed by atoms with Crippen LogP contribution in [0.1, 0.15) is 64.6 Å². The molecule has 0 unspecified atom stereocenters. The number of aromatic hydroxyl groups is 1. The van der Waals surface area contributed by atoms with Crippen molar-refractivity contribution >= 4 is 35.7 Å². The number of phenols is 1. The fraction of sp³-hybridized carbons (Fsp3) is 0.226. The molecule has 0 saturated carbocycles. The molecule has 4 atom stereocenters. The Hall–Kier alpha value is -9.04. The number of nitrogens with one attached hydrogen (secondary N) is 3. The van der Waals surface area contributed by atoms with Crippen LogP contribution in [-0.4, -0.2) is 101 Å². The average Bonchev–Trinajstić information content (AvgIpc) is 3.78. The first-order valence-electron chi connectivity index (χ1n) is 25.2. The number of likely N-dealkylation sites (N-methyl/N-ethyl adjacent to an activating group) is 2. The number of hydrogen-bond donors (Lipinski definition) is 5. The van der Waals surface area contributed by atoms with E-state index in [9.17, 15) is 34.2 Å². The van der Waals surface area contributed by atoms with Gasteiger partial charge in [-0.2, -0.15) is 0 Å². The second-order valence-electron chi connectivity index (χ2n) is 19.0. The van der Waals surface area contributed by atoms with Crippen LogP contribution in [0.15, 0.2) is 194 Å². The SMILES string of the molecule is C[C@@H](C(=O)N[C@@H](Cc1ccc(O)cc1)C(=O)O)N(C)C(=O)[C@H](Cc1ccccc1)N(C)C(=O)[C@H](CCC(=O)NC(c1ccccc1)(c1ccccc1)c1ccccc1)NC(=O)OCC1c2ccccc2-c2ccccc21. The normalized spacial score (nSPS) is 13.4. The first-order valence-corrected chi connectivity index (χ1v) is 25.2. The van der Waals surface area contributed by atoms with Crippen molar-refractivity contribution in [1.29, 1.82) is 0 Å². The van der Waals surface area contributed by atoms with Gasteiger partial charge < -0.3 is 40.7 Å². The Morgan fingerprint density at radius 1 is 0.566 bits per heavy atom. The Labute approximate surface area is 442 Å². The van der Waals surface area contributed by atoms with Crippen LogP contribution < -0.4 is 16.0 Å². The summed E-state index contributed by atoms with van der Waals surface area (Å²) in [5, 5.41) is 28.4. The van der Waals surface area contributed by atoms with Crippen LogP contribution in [0.5, 0.6) is 5.75 Å². The van der Waals surface area contributed by atoms with Crippen molar-refractivity contribution in [3.05, 3.63) is 233 Å². The maximum absolute atomic E-state index is 15.2. The van der Waals surface area contributed by atoms with Crippen LogP contribution in [-0.2, 0) is 47.1 Å². The van der Waals surface area contributed by atoms with Crippen molar-refractivity contribution in [2.45, 2.75) is 68.2 Å². The highest BCUT2D eigenvalue weighted by Crippen LogP contribution is 2.44. The molecule has 76 heavy (non-hydrogen) atoms. The number of carboxylic acids is 1. The number of phenolic OH excluding ortho intramolecular Hbond substituents is 1. The lowest BCUT2D eigenvalue weighted by Gasteiger charge is -2.37. The summed E-state index contributed by atoms with van der Waals surface area (Å²) in [7, 11) is 2.83. The Kier molecular flexibility index (Phi) is 17.0. The van der Waals surface area contributed by atoms with Crippen LogP contribution >= 0.6 is 0 Å². The van der Waals surface area contributed by atoms with Crippen LogP contribution in [0.25, 0.3) is 11.1 Å². The number of carbonyl (C=O) groups excluding carboxylic acids is 5. The van der Waals surface area contributed by atoms with Gasteiger partial charge in [0.15, 0.2) is 0 Å². The number of amides is 5. The predicted octanol–water partition coefficient (Wildman–Crippen LogP) is 8.22. The first-order chi connectivity index (χ1) is 36.7. The molecular formula is C62H61N5O9. The molecule has 14 nitrogen and oxygen atoms in total. The number of carbonyl (C=O) groups is 6. The summed E-state index contributed by atoms with van der Waals surface area (Å²) >= 11 is 0. The molecule has 0 saturated heterocycles. The molecular weight excluding hydrogens is 959 g/mol. The lowest BCUT2D eigenvalue weighted by Crippen LogP contribution is -2.58. The van der Waals surface area contributed by atoms with Gasteiger partial charge in [-0.3, -0.25) is 19.2 Å². The van der Waals surface area contributed by atoms with Gasteiger partial charge in [-0.1, -0.05) is 182 Å². The van der Waals surface area contributed by atoms with Crippen LogP contribution in [0.4, 0.5) is 4.79 Å². The zero-order chi connectivity index (χ0) is 53.8. The molecule has 0 heterocycles. The zero-order valence-electron chi connectivity index (χ0n) is 42.5. The standard InChI is InChI=1S/C62H61N5O9/c1-41(57(70)63-54(60(73)74)38-43-32-34-47(68)35-33-43)66(2)59(72)55(39-42-20-8-4-9-21-42)67(3)58(71)53(64-61(75)76-40-52-50-30-18-16-28-48(50)49-29-17-19-31-51(49)52)36-37-56(69)65-62(44-22-10-5-11-23-44,45-24-12-6-13-25-45)46-26-14-7-15-27-46/h4-35,41,52-55,68H,36-40H2,1-3H3,(H,63,70)(H,64,75)(H,65,69)(H,73,74)/t41-,53-,54-,55-/m0/s1. The second-order valence-corrected chi connectivity index (χ2v) is 19.0. The summed E-state index contributed by atoms with van der Waals surface area (Å²) in [6.45, 7) is 1.40. The summed E-state index contributed by atoms with van der Waals surface area (Å²) in [5.74, 6) is -4.14. The molecule has 1 aliphatic carbocycles. The lowest BCUT2D eigenvalue weighted by atomic mass is 9.77. The van der Waals surface area contributed by atoms with Gasteiger partial charge in [0.2, 0.25) is 23.6 Å². The number of ether oxygens (including phenoxy) is 1. The molecule has 14 heteroatoms. The summed E-state index contributed by atoms with van der Waals surface area (Å²) < 4.78 is 5.96. The van der Waals surface area contributed by atoms with Crippen molar-refractivity contribution in [3.63, 3.8) is 0 Å². The maximum Gasteiger partial charge on any atom is 0.407 e. The van der Waals surface area contributed by atoms with E-state index in [0.717, 1.165) is 43.8 Å². The van der Waals surface area contributed by atoms with Crippen LogP contribution in [0.2, 0.25) is 0 Å². The van der Waals surface area contributed by atoms with Crippen molar-refractivity contribution < 1.29 is 43.7 Å². The monoisotopic (exact) mass is 1020 g/mol. The summed E-state index contributed by atoms with van der Waals surface area (Å²) in [4.78, 5) is 87.4. The smallest absolute Gasteiger partial charge is 0.407 e. The van der Waals surface area contributed by atoms with E-state index in [1.807, 2.05) is 146 Å². The molecule has 0 spiro atoms. The summed E-state index contributed by atoms with van der Waals surface area (Å²) in [5.41, 5.74) is 6.47. The number of fused-ring (bicyclic) bond motifs is 3. The Bertz CT molecular complexity index is 3000. The molecule has 5 N–H and O–H groups in total. The van der Waals surface area contributed by atoms with Crippen LogP contribution in [0, 0.1) is 0 Å². The quantitative estimate of drug-likeness (QED) is 0.0441. The number of aliphatic carboxylic acids is 1. The van der Waals surface area contributed by atoms with Crippen molar-refractivity contribution in [1.82, 2.24) is 25.8 Å². The zero-order valence-corrected chi connectivity index (χ0v) is 42.5. The number of hydrogen-bond acceptors (Lipinski definition) is 8. The lowest BCUT2D eigenvalue weighted by molar-refractivity contribution is -0.149. The summed E-state index contributed by atoms with van der Waals surface area (Å²) in [6, 6.07) is 54.2. The molecule has 0 aromatic heterocycles. The van der Waals surface area contributed by atoms with Gasteiger partial charge in [0.05, 0.1) is 0 Å². The van der Waals surface area contributed by atoms with E-state index in [1.165, 1.54) is 38.1 Å². The minimum atomic E-state index is -1.40. The number of nitrogens with zero attached hydrogens (tertiary/aromatic N) is 2. The number of carboxylic acid groups (broad SMARTS) is 1. The van der Waals surface area contributed by atoms with Gasteiger partial charge in [-0.25, -0.2) is 9.59 Å². The van der Waals surface area contributed by atoms with Crippen molar-refractivity contribution in [2.24, 2.45) is 0 Å². The number of alkyl carbamates (subject to hydrolysis) is 1. The van der Waals surface area contributed by atoms with Crippen molar-refractivity contribution in [2.75, 3.05) is 20.7 Å². The fourth-order valence-corrected chi connectivity index (χ4v) is 9.96. The van der Waals surface area contributed by atoms with E-state index in [-0.39, 0.29) is 44.0 Å². The molecule has 0 radical (unpaired) electrons. The molecule has 388 valence electrons. The second kappa shape index (κ2) is 24.3. The van der Waals surface area contributed by atoms with Gasteiger partial charge in [0, 0.05) is 39.3 Å². The summed E-state index contributed by atoms with van der Waals surface area (Å²) in [6.07, 6.45) is -1.49. The third kappa shape index (κ3) is 12.1. The molecule has 8 rings (SSSR count). The van der Waals surface area contributed by atoms with Gasteiger partial charge >= 0.3 is 12.1 Å². The van der Waals surface area contributed by atoms with E-state index >= 15 is 4.79 Å². The van der Waals surface area contributed by atoms with Gasteiger partial charge in [-0.15, -0.1) is 0 Å². The molecule has 1 aliphatic rings. The Balaban J connectivity index is 1.07. The molecule has 7 aromatic rings. The van der Waals surface area contributed by atoms with Gasteiger partial charge in [-0.05, 0) is 75.5 Å². The molecule has 0 bridgehead atoms. The molecule has 5 amide bonds. The highest BCUT2D eigenvalue weighted by Gasteiger charge is 2.40. The van der Waals surface area contributed by atoms with E-state index in [0.29, 0.717) is 11.1 Å². The average molecular weight is 1020 g/mol. The number of rotatable bonds is 21. The van der Waals surface area contributed by atoms with E-state index in [1.54, 1.807) is 36.4 Å². The largest absolute Gasteiger partial charge is 0.508 e. The highest BCUT2D eigenvalue weighted by molar-refractivity contribution is 5.95. The third-order valence-corrected chi connectivity index (χ3v) is 14.2. The first kappa shape index (κ1) is 53.3. The fourth-order valence-electron chi connectivity index (χ4n) is 9.96. The third-order valence-electron chi connectivity index (χ3n) is 14.2. The Morgan fingerprint density at radius 3 is 1.55 bits per heavy atom. The van der Waals surface area contributed by atoms with Gasteiger partial charge in [0.1, 0.15) is 42.1 Å². The Morgan fingerprint density at radius 2 is 1.04 bits per heavy atom. The van der Waals surface area contributed by atoms with E-state index in [2.05, 4.69) is 16.0 Å². The van der Waals surface area contributed by atoms with Crippen LogP contribution in [0.3, 0.4) is 0 Å². The minimum absolute atomic E-state index is 0.000628.